The highest BCUT2D eigenvalue weighted by molar-refractivity contribution is 5.94. The Labute approximate surface area is 178 Å². The van der Waals surface area contributed by atoms with Crippen molar-refractivity contribution in [1.82, 2.24) is 15.3 Å². The van der Waals surface area contributed by atoms with Crippen molar-refractivity contribution in [1.29, 1.82) is 0 Å². The molecule has 1 aliphatic rings. The number of hydrogen-bond acceptors (Lipinski definition) is 5. The molecule has 31 heavy (non-hydrogen) atoms. The minimum absolute atomic E-state index is 0.171. The highest BCUT2D eigenvalue weighted by Gasteiger charge is 2.32. The van der Waals surface area contributed by atoms with Gasteiger partial charge < -0.3 is 15.5 Å². The molecule has 1 amide bonds. The first-order chi connectivity index (χ1) is 14.6. The van der Waals surface area contributed by atoms with Crippen molar-refractivity contribution in [3.8, 4) is 0 Å². The first-order valence-corrected chi connectivity index (χ1v) is 10.1. The lowest BCUT2D eigenvalue weighted by Gasteiger charge is -2.29. The van der Waals surface area contributed by atoms with E-state index in [1.165, 1.54) is 0 Å². The molecule has 1 saturated carbocycles. The predicted molar refractivity (Wildman–Crippen MR) is 109 cm³/mol. The van der Waals surface area contributed by atoms with E-state index < -0.39 is 29.0 Å². The van der Waals surface area contributed by atoms with Gasteiger partial charge >= 0.3 is 6.18 Å². The Balaban J connectivity index is 1.49. The van der Waals surface area contributed by atoms with Gasteiger partial charge in [-0.3, -0.25) is 4.79 Å². The van der Waals surface area contributed by atoms with Crippen LogP contribution in [0, 0.1) is 11.7 Å². The minimum atomic E-state index is -4.64. The lowest BCUT2D eigenvalue weighted by atomic mass is 9.86. The third kappa shape index (κ3) is 6.05. The second-order valence-electron chi connectivity index (χ2n) is 7.90. The van der Waals surface area contributed by atoms with Crippen LogP contribution in [0.3, 0.4) is 0 Å². The molecule has 0 saturated heterocycles. The average Bonchev–Trinajstić information content (AvgIpc) is 2.72. The predicted octanol–water partition coefficient (Wildman–Crippen LogP) is 4.10. The van der Waals surface area contributed by atoms with Gasteiger partial charge in [0.2, 0.25) is 5.95 Å². The van der Waals surface area contributed by atoms with Crippen molar-refractivity contribution in [3.63, 3.8) is 0 Å². The van der Waals surface area contributed by atoms with E-state index in [0.717, 1.165) is 31.5 Å². The summed E-state index contributed by atoms with van der Waals surface area (Å²) in [6, 6.07) is 3.86. The number of benzene rings is 1. The zero-order valence-electron chi connectivity index (χ0n) is 17.3. The fourth-order valence-corrected chi connectivity index (χ4v) is 3.57. The summed E-state index contributed by atoms with van der Waals surface area (Å²) in [7, 11) is 3.80. The number of aromatic nitrogens is 2. The summed E-state index contributed by atoms with van der Waals surface area (Å²) in [5.41, 5.74) is -1.64. The maximum atomic E-state index is 13.9. The van der Waals surface area contributed by atoms with Crippen molar-refractivity contribution in [3.05, 3.63) is 47.4 Å². The highest BCUT2D eigenvalue weighted by Crippen LogP contribution is 2.30. The van der Waals surface area contributed by atoms with Gasteiger partial charge in [-0.25, -0.2) is 9.37 Å². The highest BCUT2D eigenvalue weighted by atomic mass is 19.4. The third-order valence-corrected chi connectivity index (χ3v) is 5.37. The summed E-state index contributed by atoms with van der Waals surface area (Å²) >= 11 is 0. The molecule has 2 aromatic rings. The summed E-state index contributed by atoms with van der Waals surface area (Å²) in [5, 5.41) is 5.90. The molecule has 2 N–H and O–H groups in total. The first-order valence-electron chi connectivity index (χ1n) is 10.1. The second kappa shape index (κ2) is 9.49. The van der Waals surface area contributed by atoms with Crippen molar-refractivity contribution in [2.45, 2.75) is 37.9 Å². The third-order valence-electron chi connectivity index (χ3n) is 5.37. The molecule has 0 aliphatic heterocycles. The van der Waals surface area contributed by atoms with Crippen LogP contribution in [-0.4, -0.2) is 42.6 Å². The Bertz CT molecular complexity index is 911. The van der Waals surface area contributed by atoms with Gasteiger partial charge in [-0.05, 0) is 55.9 Å². The number of nitrogens with zero attached hydrogens (tertiary/aromatic N) is 3. The molecule has 0 atom stereocenters. The largest absolute Gasteiger partial charge is 0.416 e. The van der Waals surface area contributed by atoms with E-state index in [1.807, 2.05) is 25.1 Å². The number of halogens is 4. The number of alkyl halides is 3. The van der Waals surface area contributed by atoms with Gasteiger partial charge in [-0.1, -0.05) is 0 Å². The van der Waals surface area contributed by atoms with E-state index in [-0.39, 0.29) is 18.5 Å². The van der Waals surface area contributed by atoms with Gasteiger partial charge in [-0.15, -0.1) is 0 Å². The summed E-state index contributed by atoms with van der Waals surface area (Å²) in [5.74, 6) is -0.278. The summed E-state index contributed by atoms with van der Waals surface area (Å²) in [6.07, 6.45) is 0.372. The first kappa shape index (κ1) is 22.8. The molecule has 0 radical (unpaired) electrons. The summed E-state index contributed by atoms with van der Waals surface area (Å²) < 4.78 is 52.3. The molecular formula is C21H25F4N5O. The quantitative estimate of drug-likeness (QED) is 0.664. The zero-order valence-corrected chi connectivity index (χ0v) is 17.3. The van der Waals surface area contributed by atoms with Crippen LogP contribution in [0.15, 0.2) is 30.5 Å². The van der Waals surface area contributed by atoms with E-state index >= 15 is 0 Å². The van der Waals surface area contributed by atoms with Gasteiger partial charge in [0.15, 0.2) is 0 Å². The molecule has 1 fully saturated rings. The van der Waals surface area contributed by atoms with Crippen molar-refractivity contribution < 1.29 is 22.4 Å². The zero-order chi connectivity index (χ0) is 22.6. The van der Waals surface area contributed by atoms with Crippen molar-refractivity contribution >= 4 is 17.7 Å². The molecular weight excluding hydrogens is 414 g/mol. The SMILES string of the molecule is CN(C)c1ccnc(N[C@H]2CC[C@@H](CNC(=O)c3cc(C(F)(F)F)ccc3F)CC2)n1. The average molecular weight is 439 g/mol. The smallest absolute Gasteiger partial charge is 0.363 e. The Hall–Kier alpha value is -2.91. The molecule has 3 rings (SSSR count). The lowest BCUT2D eigenvalue weighted by Crippen LogP contribution is -2.34. The molecule has 0 unspecified atom stereocenters. The van der Waals surface area contributed by atoms with Crippen LogP contribution in [0.25, 0.3) is 0 Å². The fourth-order valence-electron chi connectivity index (χ4n) is 3.57. The standard InChI is InChI=1S/C21H25F4N5O/c1-30(2)18-9-10-26-20(29-18)28-15-6-3-13(4-7-15)12-27-19(31)16-11-14(21(23,24)25)5-8-17(16)22/h5,8-11,13,15H,3-4,6-7,12H2,1-2H3,(H,27,31)(H,26,28,29)/t13-,15+. The number of rotatable bonds is 6. The molecule has 1 aromatic heterocycles. The Morgan fingerprint density at radius 3 is 2.52 bits per heavy atom. The fraction of sp³-hybridized carbons (Fsp3) is 0.476. The van der Waals surface area contributed by atoms with Crippen LogP contribution in [0.5, 0.6) is 0 Å². The van der Waals surface area contributed by atoms with E-state index in [0.29, 0.717) is 24.1 Å². The molecule has 1 aliphatic carbocycles. The Kier molecular flexibility index (Phi) is 6.97. The molecule has 6 nitrogen and oxygen atoms in total. The Morgan fingerprint density at radius 2 is 1.87 bits per heavy atom. The molecule has 1 aromatic carbocycles. The number of carbonyl (C=O) groups excluding carboxylic acids is 1. The molecule has 168 valence electrons. The minimum Gasteiger partial charge on any atom is -0.363 e. The van der Waals surface area contributed by atoms with Crippen molar-refractivity contribution in [2.75, 3.05) is 30.9 Å². The van der Waals surface area contributed by atoms with Gasteiger partial charge in [-0.2, -0.15) is 18.2 Å². The number of anilines is 2. The summed E-state index contributed by atoms with van der Waals surface area (Å²) in [4.78, 5) is 22.8. The van der Waals surface area contributed by atoms with Crippen LogP contribution < -0.4 is 15.5 Å². The van der Waals surface area contributed by atoms with Crippen LogP contribution in [0.4, 0.5) is 29.3 Å². The van der Waals surface area contributed by atoms with Crippen LogP contribution in [0.1, 0.15) is 41.6 Å². The number of carbonyl (C=O) groups is 1. The van der Waals surface area contributed by atoms with Crippen LogP contribution >= 0.6 is 0 Å². The number of amides is 1. The molecule has 10 heteroatoms. The topological polar surface area (TPSA) is 70.2 Å². The van der Waals surface area contributed by atoms with E-state index in [9.17, 15) is 22.4 Å². The monoisotopic (exact) mass is 439 g/mol. The van der Waals surface area contributed by atoms with E-state index in [1.54, 1.807) is 6.20 Å². The van der Waals surface area contributed by atoms with Gasteiger partial charge in [0.05, 0.1) is 11.1 Å². The van der Waals surface area contributed by atoms with Crippen LogP contribution in [-0.2, 0) is 6.18 Å². The van der Waals surface area contributed by atoms with E-state index in [4.69, 9.17) is 0 Å². The maximum absolute atomic E-state index is 13.9. The van der Waals surface area contributed by atoms with Crippen LogP contribution in [0.2, 0.25) is 0 Å². The van der Waals surface area contributed by atoms with Gasteiger partial charge in [0.25, 0.3) is 5.91 Å². The van der Waals surface area contributed by atoms with Gasteiger partial charge in [0, 0.05) is 32.9 Å². The Morgan fingerprint density at radius 1 is 1.16 bits per heavy atom. The normalized spacial score (nSPS) is 19.0. The van der Waals surface area contributed by atoms with E-state index in [2.05, 4.69) is 20.6 Å². The molecule has 0 bridgehead atoms. The molecule has 1 heterocycles. The van der Waals surface area contributed by atoms with Crippen molar-refractivity contribution in [2.24, 2.45) is 5.92 Å². The second-order valence-corrected chi connectivity index (χ2v) is 7.90. The lowest BCUT2D eigenvalue weighted by molar-refractivity contribution is -0.137. The number of nitrogens with one attached hydrogen (secondary N) is 2. The summed E-state index contributed by atoms with van der Waals surface area (Å²) in [6.45, 7) is 0.286. The number of hydrogen-bond donors (Lipinski definition) is 2. The van der Waals surface area contributed by atoms with Gasteiger partial charge in [0.1, 0.15) is 11.6 Å². The molecule has 0 spiro atoms. The maximum Gasteiger partial charge on any atom is 0.416 e.